The van der Waals surface area contributed by atoms with Gasteiger partial charge in [0.1, 0.15) is 0 Å². The molecule has 0 radical (unpaired) electrons. The first kappa shape index (κ1) is 14.8. The van der Waals surface area contributed by atoms with Gasteiger partial charge in [-0.3, -0.25) is 4.79 Å². The van der Waals surface area contributed by atoms with E-state index in [0.29, 0.717) is 0 Å². The number of rotatable bonds is 4. The Kier molecular flexibility index (Phi) is 4.69. The molecule has 102 valence electrons. The Labute approximate surface area is 104 Å². The smallest absolute Gasteiger partial charge is 0.258 e. The molecule has 0 bridgehead atoms. The Morgan fingerprint density at radius 3 is 2.00 bits per heavy atom. The molecule has 1 aromatic carbocycles. The second-order valence-corrected chi connectivity index (χ2v) is 3.17. The van der Waals surface area contributed by atoms with Crippen LogP contribution in [0.3, 0.4) is 0 Å². The maximum Gasteiger partial charge on any atom is 0.258 e. The topological polar surface area (TPSA) is 38.3 Å². The minimum atomic E-state index is -2.31. The average Bonchev–Trinajstić information content (AvgIpc) is 2.40. The molecule has 1 amide bonds. The molecule has 0 fully saturated rings. The van der Waals surface area contributed by atoms with E-state index in [1.807, 2.05) is 5.92 Å². The number of benzene rings is 1. The maximum atomic E-state index is 13.1. The highest BCUT2D eigenvalue weighted by Crippen LogP contribution is 2.28. The second kappa shape index (κ2) is 6.04. The molecular weight excluding hydrogens is 273 g/mol. The van der Waals surface area contributed by atoms with Crippen molar-refractivity contribution < 1.29 is 31.5 Å². The van der Waals surface area contributed by atoms with Crippen molar-refractivity contribution in [3.05, 3.63) is 29.1 Å². The summed E-state index contributed by atoms with van der Waals surface area (Å²) >= 11 is 0. The standard InChI is InChI=1S/C11H6F5NO2/c1-2-3-17-5(18)4-19-11-9(15)7(13)6(12)8(14)10(11)16/h1H,3-4H2,(H,17,18). The molecule has 1 N–H and O–H groups in total. The number of amides is 1. The molecule has 0 aliphatic carbocycles. The van der Waals surface area contributed by atoms with Crippen LogP contribution in [0.5, 0.6) is 5.75 Å². The first-order valence-electron chi connectivity index (χ1n) is 4.74. The molecule has 1 rings (SSSR count). The summed E-state index contributed by atoms with van der Waals surface area (Å²) in [6.45, 7) is -1.11. The minimum absolute atomic E-state index is 0.167. The number of hydrogen-bond donors (Lipinski definition) is 1. The van der Waals surface area contributed by atoms with Gasteiger partial charge in [-0.2, -0.15) is 8.78 Å². The third kappa shape index (κ3) is 3.13. The maximum absolute atomic E-state index is 13.1. The van der Waals surface area contributed by atoms with Gasteiger partial charge in [-0.1, -0.05) is 5.92 Å². The first-order valence-corrected chi connectivity index (χ1v) is 4.74. The molecule has 0 aromatic heterocycles. The van der Waals surface area contributed by atoms with Gasteiger partial charge in [-0.05, 0) is 0 Å². The quantitative estimate of drug-likeness (QED) is 0.393. The fourth-order valence-electron chi connectivity index (χ4n) is 1.05. The van der Waals surface area contributed by atoms with E-state index in [2.05, 4.69) is 10.1 Å². The number of nitrogens with one attached hydrogen (secondary N) is 1. The number of hydrogen-bond acceptors (Lipinski definition) is 2. The van der Waals surface area contributed by atoms with Crippen LogP contribution in [0.2, 0.25) is 0 Å². The van der Waals surface area contributed by atoms with Gasteiger partial charge in [0.25, 0.3) is 5.91 Å². The molecule has 0 aliphatic rings. The predicted octanol–water partition coefficient (Wildman–Crippen LogP) is 1.51. The van der Waals surface area contributed by atoms with Crippen LogP contribution in [0.4, 0.5) is 22.0 Å². The fourth-order valence-corrected chi connectivity index (χ4v) is 1.05. The van der Waals surface area contributed by atoms with Crippen molar-refractivity contribution in [2.75, 3.05) is 13.2 Å². The summed E-state index contributed by atoms with van der Waals surface area (Å²) in [6.07, 6.45) is 4.82. The van der Waals surface area contributed by atoms with Crippen molar-refractivity contribution in [1.29, 1.82) is 0 Å². The van der Waals surface area contributed by atoms with Crippen molar-refractivity contribution in [1.82, 2.24) is 5.32 Å². The van der Waals surface area contributed by atoms with E-state index < -0.39 is 47.3 Å². The summed E-state index contributed by atoms with van der Waals surface area (Å²) in [7, 11) is 0. The van der Waals surface area contributed by atoms with Crippen LogP contribution >= 0.6 is 0 Å². The van der Waals surface area contributed by atoms with Gasteiger partial charge < -0.3 is 10.1 Å². The minimum Gasteiger partial charge on any atom is -0.477 e. The summed E-state index contributed by atoms with van der Waals surface area (Å²) in [5, 5.41) is 2.08. The van der Waals surface area contributed by atoms with Crippen molar-refractivity contribution in [3.63, 3.8) is 0 Å². The van der Waals surface area contributed by atoms with Gasteiger partial charge in [0, 0.05) is 0 Å². The SMILES string of the molecule is C#CCNC(=O)COc1c(F)c(F)c(F)c(F)c1F. The molecule has 19 heavy (non-hydrogen) atoms. The van der Waals surface area contributed by atoms with Gasteiger partial charge in [-0.25, -0.2) is 13.2 Å². The van der Waals surface area contributed by atoms with E-state index >= 15 is 0 Å². The van der Waals surface area contributed by atoms with Crippen LogP contribution in [0, 0.1) is 41.4 Å². The Balaban J connectivity index is 2.91. The van der Waals surface area contributed by atoms with E-state index in [-0.39, 0.29) is 6.54 Å². The van der Waals surface area contributed by atoms with Crippen LogP contribution < -0.4 is 10.1 Å². The lowest BCUT2D eigenvalue weighted by Crippen LogP contribution is -2.29. The molecular formula is C11H6F5NO2. The summed E-state index contributed by atoms with van der Waals surface area (Å²) in [4.78, 5) is 11.0. The van der Waals surface area contributed by atoms with Crippen LogP contribution in [-0.4, -0.2) is 19.1 Å². The summed E-state index contributed by atoms with van der Waals surface area (Å²) in [5.41, 5.74) is 0. The molecule has 0 aliphatic heterocycles. The monoisotopic (exact) mass is 279 g/mol. The highest BCUT2D eigenvalue weighted by Gasteiger charge is 2.27. The highest BCUT2D eigenvalue weighted by molar-refractivity contribution is 5.77. The van der Waals surface area contributed by atoms with E-state index in [4.69, 9.17) is 6.42 Å². The van der Waals surface area contributed by atoms with E-state index in [1.54, 1.807) is 0 Å². The normalized spacial score (nSPS) is 9.89. The third-order valence-electron chi connectivity index (χ3n) is 1.90. The molecule has 0 atom stereocenters. The molecule has 8 heteroatoms. The van der Waals surface area contributed by atoms with Crippen LogP contribution in [0.1, 0.15) is 0 Å². The second-order valence-electron chi connectivity index (χ2n) is 3.17. The molecule has 0 spiro atoms. The zero-order chi connectivity index (χ0) is 14.6. The van der Waals surface area contributed by atoms with Crippen molar-refractivity contribution >= 4 is 5.91 Å². The Morgan fingerprint density at radius 2 is 1.53 bits per heavy atom. The molecule has 0 heterocycles. The lowest BCUT2D eigenvalue weighted by atomic mass is 10.2. The predicted molar refractivity (Wildman–Crippen MR) is 53.6 cm³/mol. The van der Waals surface area contributed by atoms with E-state index in [9.17, 15) is 26.7 Å². The lowest BCUT2D eigenvalue weighted by Gasteiger charge is -2.09. The summed E-state index contributed by atoms with van der Waals surface area (Å²) in [6, 6.07) is 0. The van der Waals surface area contributed by atoms with E-state index in [1.165, 1.54) is 0 Å². The zero-order valence-electron chi connectivity index (χ0n) is 9.20. The number of terminal acetylenes is 1. The van der Waals surface area contributed by atoms with Crippen molar-refractivity contribution in [3.8, 4) is 18.1 Å². The number of carbonyl (C=O) groups excluding carboxylic acids is 1. The van der Waals surface area contributed by atoms with Gasteiger partial charge >= 0.3 is 0 Å². The highest BCUT2D eigenvalue weighted by atomic mass is 19.2. The molecule has 0 saturated heterocycles. The number of halogens is 5. The largest absolute Gasteiger partial charge is 0.477 e. The van der Waals surface area contributed by atoms with Gasteiger partial charge in [0.2, 0.25) is 29.1 Å². The molecule has 0 saturated carbocycles. The summed E-state index contributed by atoms with van der Waals surface area (Å²) < 4.78 is 68.7. The van der Waals surface area contributed by atoms with Crippen LogP contribution in [0.15, 0.2) is 0 Å². The number of carbonyl (C=O) groups is 1. The molecule has 3 nitrogen and oxygen atoms in total. The molecule has 1 aromatic rings. The average molecular weight is 279 g/mol. The van der Waals surface area contributed by atoms with Crippen LogP contribution in [0.25, 0.3) is 0 Å². The fraction of sp³-hybridized carbons (Fsp3) is 0.182. The van der Waals surface area contributed by atoms with Crippen LogP contribution in [-0.2, 0) is 4.79 Å². The van der Waals surface area contributed by atoms with Gasteiger partial charge in [-0.15, -0.1) is 6.42 Å². The van der Waals surface area contributed by atoms with Crippen molar-refractivity contribution in [2.45, 2.75) is 0 Å². The lowest BCUT2D eigenvalue weighted by molar-refractivity contribution is -0.122. The summed E-state index contributed by atoms with van der Waals surface area (Å²) in [5.74, 6) is -11.3. The third-order valence-corrected chi connectivity index (χ3v) is 1.90. The van der Waals surface area contributed by atoms with E-state index in [0.717, 1.165) is 0 Å². The van der Waals surface area contributed by atoms with Gasteiger partial charge in [0.15, 0.2) is 12.4 Å². The Bertz CT molecular complexity index is 524. The Hall–Kier alpha value is -2.30. The first-order chi connectivity index (χ1) is 8.90. The zero-order valence-corrected chi connectivity index (χ0v) is 9.20. The molecule has 0 unspecified atom stereocenters. The van der Waals surface area contributed by atoms with Crippen molar-refractivity contribution in [2.24, 2.45) is 0 Å². The Morgan fingerprint density at radius 1 is 1.05 bits per heavy atom. The van der Waals surface area contributed by atoms with Gasteiger partial charge in [0.05, 0.1) is 6.54 Å². The number of ether oxygens (including phenoxy) is 1.